The molecule has 1 N–H and O–H groups in total. The predicted molar refractivity (Wildman–Crippen MR) is 130 cm³/mol. The Morgan fingerprint density at radius 1 is 1.12 bits per heavy atom. The fraction of sp³-hybridized carbons (Fsp3) is 0.417. The Hall–Kier alpha value is -3.46. The number of nitrogens with one attached hydrogen (secondary N) is 1. The Morgan fingerprint density at radius 2 is 1.91 bits per heavy atom. The van der Waals surface area contributed by atoms with Gasteiger partial charge in [0.05, 0.1) is 18.6 Å². The van der Waals surface area contributed by atoms with Gasteiger partial charge in [0, 0.05) is 50.6 Å². The van der Waals surface area contributed by atoms with Crippen molar-refractivity contribution in [2.75, 3.05) is 56.5 Å². The minimum absolute atomic E-state index is 0.0267. The number of carbonyl (C=O) groups excluding carboxylic acids is 1. The third-order valence-corrected chi connectivity index (χ3v) is 6.58. The van der Waals surface area contributed by atoms with Gasteiger partial charge < -0.3 is 24.6 Å². The van der Waals surface area contributed by atoms with E-state index >= 15 is 0 Å². The van der Waals surface area contributed by atoms with Gasteiger partial charge in [-0.1, -0.05) is 6.58 Å². The van der Waals surface area contributed by atoms with Crippen molar-refractivity contribution in [3.63, 3.8) is 0 Å². The van der Waals surface area contributed by atoms with Crippen molar-refractivity contribution >= 4 is 34.4 Å². The van der Waals surface area contributed by atoms with Gasteiger partial charge in [0.25, 0.3) is 0 Å². The number of nitrogens with zero attached hydrogens (tertiary/aromatic N) is 7. The Kier molecular flexibility index (Phi) is 5.95. The van der Waals surface area contributed by atoms with E-state index in [0.717, 1.165) is 62.4 Å². The molecule has 2 aromatic heterocycles. The third-order valence-electron chi connectivity index (χ3n) is 6.58. The van der Waals surface area contributed by atoms with E-state index in [9.17, 15) is 4.79 Å². The van der Waals surface area contributed by atoms with Gasteiger partial charge in [-0.15, -0.1) is 0 Å². The number of fused-ring (bicyclic) bond motifs is 1. The molecule has 2 aliphatic heterocycles. The standard InChI is InChI=1S/C24H30N8O/c1-3-22(33)31-10-4-5-20(16-31)32-17-26-21-15-25-24(28-23(21)32)27-18-6-8-19(9-7-18)30-13-11-29(2)12-14-30/h3,6-9,15,17,20H,1,4-5,10-14,16H2,2H3,(H,25,27,28). The number of imidazole rings is 1. The number of piperazine rings is 1. The first-order valence-corrected chi connectivity index (χ1v) is 11.5. The molecule has 2 aliphatic rings. The molecule has 33 heavy (non-hydrogen) atoms. The van der Waals surface area contributed by atoms with Gasteiger partial charge in [-0.2, -0.15) is 4.98 Å². The molecule has 1 amide bonds. The summed E-state index contributed by atoms with van der Waals surface area (Å²) >= 11 is 0. The topological polar surface area (TPSA) is 82.4 Å². The molecule has 0 spiro atoms. The number of anilines is 3. The quantitative estimate of drug-likeness (QED) is 0.604. The summed E-state index contributed by atoms with van der Waals surface area (Å²) in [6.07, 6.45) is 6.86. The number of piperidine rings is 1. The number of rotatable bonds is 5. The van der Waals surface area contributed by atoms with Crippen LogP contribution in [0, 0.1) is 0 Å². The number of likely N-dealkylation sites (N-methyl/N-ethyl adjacent to an activating group) is 1. The first-order chi connectivity index (χ1) is 16.1. The average molecular weight is 447 g/mol. The fourth-order valence-electron chi connectivity index (χ4n) is 4.61. The van der Waals surface area contributed by atoms with Gasteiger partial charge in [-0.3, -0.25) is 4.79 Å². The van der Waals surface area contributed by atoms with Gasteiger partial charge in [0.2, 0.25) is 11.9 Å². The molecular formula is C24H30N8O. The molecule has 1 unspecified atom stereocenters. The maximum atomic E-state index is 12.1. The Morgan fingerprint density at radius 3 is 2.67 bits per heavy atom. The zero-order valence-electron chi connectivity index (χ0n) is 19.0. The molecule has 2 saturated heterocycles. The highest BCUT2D eigenvalue weighted by Crippen LogP contribution is 2.26. The summed E-state index contributed by atoms with van der Waals surface area (Å²) in [4.78, 5) is 32.4. The normalized spacial score (nSPS) is 19.6. The molecule has 3 aromatic rings. The summed E-state index contributed by atoms with van der Waals surface area (Å²) in [5.74, 6) is 0.507. The highest BCUT2D eigenvalue weighted by molar-refractivity contribution is 5.87. The van der Waals surface area contributed by atoms with Crippen molar-refractivity contribution < 1.29 is 4.79 Å². The molecule has 1 aromatic carbocycles. The second-order valence-electron chi connectivity index (χ2n) is 8.80. The molecule has 4 heterocycles. The van der Waals surface area contributed by atoms with Crippen molar-refractivity contribution in [2.24, 2.45) is 0 Å². The number of carbonyl (C=O) groups is 1. The number of benzene rings is 1. The van der Waals surface area contributed by atoms with Crippen LogP contribution in [0.4, 0.5) is 17.3 Å². The van der Waals surface area contributed by atoms with Crippen LogP contribution in [0.2, 0.25) is 0 Å². The van der Waals surface area contributed by atoms with E-state index in [1.165, 1.54) is 11.8 Å². The summed E-state index contributed by atoms with van der Waals surface area (Å²) in [6, 6.07) is 8.56. The van der Waals surface area contributed by atoms with Crippen molar-refractivity contribution in [3.05, 3.63) is 49.4 Å². The minimum atomic E-state index is -0.0267. The average Bonchev–Trinajstić information content (AvgIpc) is 3.28. The van der Waals surface area contributed by atoms with Crippen molar-refractivity contribution in [1.29, 1.82) is 0 Å². The SMILES string of the molecule is C=CC(=O)N1CCCC(n2cnc3cnc(Nc4ccc(N5CCN(C)CC5)cc4)nc32)C1. The zero-order valence-corrected chi connectivity index (χ0v) is 19.0. The van der Waals surface area contributed by atoms with Crippen molar-refractivity contribution in [3.8, 4) is 0 Å². The van der Waals surface area contributed by atoms with Gasteiger partial charge >= 0.3 is 0 Å². The lowest BCUT2D eigenvalue weighted by Crippen LogP contribution is -2.44. The monoisotopic (exact) mass is 446 g/mol. The van der Waals surface area contributed by atoms with Gasteiger partial charge in [0.1, 0.15) is 5.52 Å². The molecule has 172 valence electrons. The van der Waals surface area contributed by atoms with E-state index in [4.69, 9.17) is 4.98 Å². The molecule has 0 aliphatic carbocycles. The van der Waals surface area contributed by atoms with E-state index in [1.807, 2.05) is 4.90 Å². The maximum Gasteiger partial charge on any atom is 0.246 e. The van der Waals surface area contributed by atoms with E-state index in [1.54, 1.807) is 12.5 Å². The van der Waals surface area contributed by atoms with E-state index in [-0.39, 0.29) is 11.9 Å². The Labute approximate surface area is 193 Å². The third kappa shape index (κ3) is 4.54. The van der Waals surface area contributed by atoms with Crippen LogP contribution in [0.5, 0.6) is 0 Å². The Bertz CT molecular complexity index is 1130. The lowest BCUT2D eigenvalue weighted by Gasteiger charge is -2.34. The van der Waals surface area contributed by atoms with Gasteiger partial charge in [-0.05, 0) is 50.2 Å². The largest absolute Gasteiger partial charge is 0.369 e. The van der Waals surface area contributed by atoms with Crippen LogP contribution in [0.3, 0.4) is 0 Å². The Balaban J connectivity index is 1.31. The lowest BCUT2D eigenvalue weighted by molar-refractivity contribution is -0.127. The second-order valence-corrected chi connectivity index (χ2v) is 8.80. The molecule has 9 heteroatoms. The summed E-state index contributed by atoms with van der Waals surface area (Å²) < 4.78 is 2.07. The van der Waals surface area contributed by atoms with Crippen LogP contribution in [0.15, 0.2) is 49.4 Å². The molecule has 2 fully saturated rings. The van der Waals surface area contributed by atoms with Crippen molar-refractivity contribution in [1.82, 2.24) is 29.3 Å². The number of hydrogen-bond acceptors (Lipinski definition) is 7. The lowest BCUT2D eigenvalue weighted by atomic mass is 10.1. The second kappa shape index (κ2) is 9.19. The fourth-order valence-corrected chi connectivity index (χ4v) is 4.61. The van der Waals surface area contributed by atoms with Gasteiger partial charge in [0.15, 0.2) is 5.65 Å². The highest BCUT2D eigenvalue weighted by Gasteiger charge is 2.25. The summed E-state index contributed by atoms with van der Waals surface area (Å²) in [5.41, 5.74) is 3.70. The molecule has 1 atom stereocenters. The van der Waals surface area contributed by atoms with Crippen LogP contribution in [-0.4, -0.2) is 81.5 Å². The summed E-state index contributed by atoms with van der Waals surface area (Å²) in [6.45, 7) is 9.28. The maximum absolute atomic E-state index is 12.1. The van der Waals surface area contributed by atoms with Crippen LogP contribution < -0.4 is 10.2 Å². The first kappa shape index (κ1) is 21.4. The number of aromatic nitrogens is 4. The molecule has 0 saturated carbocycles. The van der Waals surface area contributed by atoms with Crippen LogP contribution in [0.25, 0.3) is 11.2 Å². The molecular weight excluding hydrogens is 416 g/mol. The van der Waals surface area contributed by atoms with Gasteiger partial charge in [-0.25, -0.2) is 9.97 Å². The molecule has 0 radical (unpaired) electrons. The summed E-state index contributed by atoms with van der Waals surface area (Å²) in [5, 5.41) is 3.32. The highest BCUT2D eigenvalue weighted by atomic mass is 16.2. The molecule has 9 nitrogen and oxygen atoms in total. The minimum Gasteiger partial charge on any atom is -0.369 e. The molecule has 0 bridgehead atoms. The first-order valence-electron chi connectivity index (χ1n) is 11.5. The van der Waals surface area contributed by atoms with E-state index in [2.05, 4.69) is 67.5 Å². The number of hydrogen-bond donors (Lipinski definition) is 1. The smallest absolute Gasteiger partial charge is 0.246 e. The van der Waals surface area contributed by atoms with Crippen molar-refractivity contribution in [2.45, 2.75) is 18.9 Å². The van der Waals surface area contributed by atoms with Crippen LogP contribution in [0.1, 0.15) is 18.9 Å². The van der Waals surface area contributed by atoms with Crippen LogP contribution in [-0.2, 0) is 4.79 Å². The zero-order chi connectivity index (χ0) is 22.8. The predicted octanol–water partition coefficient (Wildman–Crippen LogP) is 2.67. The van der Waals surface area contributed by atoms with Crippen LogP contribution >= 0.6 is 0 Å². The summed E-state index contributed by atoms with van der Waals surface area (Å²) in [7, 11) is 2.16. The molecule has 5 rings (SSSR count). The van der Waals surface area contributed by atoms with E-state index < -0.39 is 0 Å². The number of amides is 1. The van der Waals surface area contributed by atoms with E-state index in [0.29, 0.717) is 12.5 Å². The number of likely N-dealkylation sites (tertiary alicyclic amines) is 1.